The average Bonchev–Trinajstić information content (AvgIpc) is 2.47. The molecular formula is C15H20N2O2. The molecule has 0 aromatic heterocycles. The van der Waals surface area contributed by atoms with E-state index >= 15 is 0 Å². The highest BCUT2D eigenvalue weighted by Crippen LogP contribution is 2.33. The van der Waals surface area contributed by atoms with E-state index in [0.29, 0.717) is 6.61 Å². The Balaban J connectivity index is 1.70. The second-order valence-electron chi connectivity index (χ2n) is 5.28. The van der Waals surface area contributed by atoms with Gasteiger partial charge in [-0.15, -0.1) is 0 Å². The molecule has 1 amide bonds. The molecule has 1 unspecified atom stereocenters. The fourth-order valence-corrected chi connectivity index (χ4v) is 2.89. The van der Waals surface area contributed by atoms with Crippen molar-refractivity contribution in [3.63, 3.8) is 0 Å². The van der Waals surface area contributed by atoms with Crippen LogP contribution in [0.3, 0.4) is 0 Å². The van der Waals surface area contributed by atoms with Crippen molar-refractivity contribution in [3.05, 3.63) is 29.8 Å². The van der Waals surface area contributed by atoms with Gasteiger partial charge in [-0.05, 0) is 31.9 Å². The normalized spacial score (nSPS) is 26.1. The molecule has 2 aliphatic heterocycles. The summed E-state index contributed by atoms with van der Waals surface area (Å²) in [5.74, 6) is 0.937. The monoisotopic (exact) mass is 260 g/mol. The molecule has 2 N–H and O–H groups in total. The lowest BCUT2D eigenvalue weighted by atomic mass is 9.92. The van der Waals surface area contributed by atoms with Crippen molar-refractivity contribution in [1.29, 1.82) is 0 Å². The topological polar surface area (TPSA) is 50.4 Å². The van der Waals surface area contributed by atoms with Gasteiger partial charge in [0.25, 0.3) is 0 Å². The van der Waals surface area contributed by atoms with E-state index in [1.165, 1.54) is 0 Å². The highest BCUT2D eigenvalue weighted by Gasteiger charge is 2.28. The molecule has 2 atom stereocenters. The zero-order valence-electron chi connectivity index (χ0n) is 11.0. The summed E-state index contributed by atoms with van der Waals surface area (Å²) in [6.07, 6.45) is 2.97. The minimum atomic E-state index is -0.0631. The van der Waals surface area contributed by atoms with E-state index in [0.717, 1.165) is 43.7 Å². The molecule has 2 heterocycles. The maximum absolute atomic E-state index is 12.4. The van der Waals surface area contributed by atoms with E-state index < -0.39 is 0 Å². The Hall–Kier alpha value is -1.55. The van der Waals surface area contributed by atoms with E-state index in [-0.39, 0.29) is 17.9 Å². The number of rotatable bonds is 2. The fourth-order valence-electron chi connectivity index (χ4n) is 2.89. The number of nitrogens with one attached hydrogen (secondary N) is 2. The average molecular weight is 260 g/mol. The lowest BCUT2D eigenvalue weighted by Crippen LogP contribution is -2.47. The first kappa shape index (κ1) is 12.5. The van der Waals surface area contributed by atoms with Gasteiger partial charge in [0.15, 0.2) is 0 Å². The molecule has 0 radical (unpaired) electrons. The van der Waals surface area contributed by atoms with Crippen molar-refractivity contribution in [2.45, 2.75) is 31.2 Å². The van der Waals surface area contributed by atoms with Crippen LogP contribution in [0, 0.1) is 0 Å². The second-order valence-corrected chi connectivity index (χ2v) is 5.28. The Bertz CT molecular complexity index is 455. The first-order valence-corrected chi connectivity index (χ1v) is 7.07. The van der Waals surface area contributed by atoms with Gasteiger partial charge in [0.2, 0.25) is 5.91 Å². The SMILES string of the molecule is O=C(N[C@@H]1CCCNC1)C1CCOc2ccccc21. The van der Waals surface area contributed by atoms with E-state index in [2.05, 4.69) is 10.6 Å². The standard InChI is InChI=1S/C15H20N2O2/c18-15(17-11-4-3-8-16-10-11)13-7-9-19-14-6-2-1-5-12(13)14/h1-2,5-6,11,13,16H,3-4,7-10H2,(H,17,18)/t11-,13?/m1/s1. The van der Waals surface area contributed by atoms with Crippen molar-refractivity contribution in [3.8, 4) is 5.75 Å². The van der Waals surface area contributed by atoms with Crippen molar-refractivity contribution in [2.75, 3.05) is 19.7 Å². The van der Waals surface area contributed by atoms with Gasteiger partial charge in [-0.3, -0.25) is 4.79 Å². The molecular weight excluding hydrogens is 240 g/mol. The minimum Gasteiger partial charge on any atom is -0.493 e. The van der Waals surface area contributed by atoms with Gasteiger partial charge in [0, 0.05) is 18.2 Å². The van der Waals surface area contributed by atoms with E-state index in [1.54, 1.807) is 0 Å². The van der Waals surface area contributed by atoms with Crippen LogP contribution in [0.15, 0.2) is 24.3 Å². The minimum absolute atomic E-state index is 0.0631. The number of carbonyl (C=O) groups is 1. The predicted octanol–water partition coefficient (Wildman–Crippen LogP) is 1.42. The molecule has 0 aliphatic carbocycles. The van der Waals surface area contributed by atoms with Crippen LogP contribution < -0.4 is 15.4 Å². The summed E-state index contributed by atoms with van der Waals surface area (Å²) in [6.45, 7) is 2.57. The molecule has 4 heteroatoms. The number of ether oxygens (including phenoxy) is 1. The summed E-state index contributed by atoms with van der Waals surface area (Å²) in [6, 6.07) is 8.13. The quantitative estimate of drug-likeness (QED) is 0.845. The van der Waals surface area contributed by atoms with Gasteiger partial charge in [-0.2, -0.15) is 0 Å². The Kier molecular flexibility index (Phi) is 3.69. The Morgan fingerprint density at radius 3 is 3.05 bits per heavy atom. The maximum Gasteiger partial charge on any atom is 0.228 e. The van der Waals surface area contributed by atoms with Gasteiger partial charge in [0.05, 0.1) is 12.5 Å². The fraction of sp³-hybridized carbons (Fsp3) is 0.533. The van der Waals surface area contributed by atoms with Crippen LogP contribution in [-0.2, 0) is 4.79 Å². The highest BCUT2D eigenvalue weighted by atomic mass is 16.5. The summed E-state index contributed by atoms with van der Waals surface area (Å²) >= 11 is 0. The van der Waals surface area contributed by atoms with Crippen LogP contribution in [0.2, 0.25) is 0 Å². The molecule has 0 spiro atoms. The summed E-state index contributed by atoms with van der Waals surface area (Å²) in [7, 11) is 0. The number of carbonyl (C=O) groups excluding carboxylic acids is 1. The second kappa shape index (κ2) is 5.61. The zero-order chi connectivity index (χ0) is 13.1. The number of benzene rings is 1. The Morgan fingerprint density at radius 2 is 2.21 bits per heavy atom. The molecule has 1 saturated heterocycles. The van der Waals surface area contributed by atoms with Crippen LogP contribution in [0.1, 0.15) is 30.7 Å². The smallest absolute Gasteiger partial charge is 0.228 e. The summed E-state index contributed by atoms with van der Waals surface area (Å²) in [5, 5.41) is 6.50. The summed E-state index contributed by atoms with van der Waals surface area (Å²) in [5.41, 5.74) is 1.02. The zero-order valence-corrected chi connectivity index (χ0v) is 11.0. The lowest BCUT2D eigenvalue weighted by Gasteiger charge is -2.29. The molecule has 1 aromatic rings. The van der Waals surface area contributed by atoms with Gasteiger partial charge in [-0.1, -0.05) is 18.2 Å². The molecule has 102 valence electrons. The lowest BCUT2D eigenvalue weighted by molar-refractivity contribution is -0.124. The third kappa shape index (κ3) is 2.73. The molecule has 0 bridgehead atoms. The highest BCUT2D eigenvalue weighted by molar-refractivity contribution is 5.85. The van der Waals surface area contributed by atoms with Gasteiger partial charge >= 0.3 is 0 Å². The first-order chi connectivity index (χ1) is 9.34. The van der Waals surface area contributed by atoms with Crippen LogP contribution in [0.5, 0.6) is 5.75 Å². The van der Waals surface area contributed by atoms with E-state index in [9.17, 15) is 4.79 Å². The summed E-state index contributed by atoms with van der Waals surface area (Å²) < 4.78 is 5.60. The van der Waals surface area contributed by atoms with Crippen molar-refractivity contribution in [2.24, 2.45) is 0 Å². The molecule has 19 heavy (non-hydrogen) atoms. The van der Waals surface area contributed by atoms with Crippen LogP contribution in [-0.4, -0.2) is 31.6 Å². The number of amides is 1. The molecule has 4 nitrogen and oxygen atoms in total. The van der Waals surface area contributed by atoms with E-state index in [1.807, 2.05) is 24.3 Å². The first-order valence-electron chi connectivity index (χ1n) is 7.07. The number of hydrogen-bond donors (Lipinski definition) is 2. The van der Waals surface area contributed by atoms with Crippen molar-refractivity contribution in [1.82, 2.24) is 10.6 Å². The van der Waals surface area contributed by atoms with Crippen LogP contribution in [0.25, 0.3) is 0 Å². The maximum atomic E-state index is 12.4. The molecule has 3 rings (SSSR count). The molecule has 0 saturated carbocycles. The number of fused-ring (bicyclic) bond motifs is 1. The predicted molar refractivity (Wildman–Crippen MR) is 73.3 cm³/mol. The molecule has 1 fully saturated rings. The molecule has 2 aliphatic rings. The third-order valence-corrected chi connectivity index (χ3v) is 3.92. The number of para-hydroxylation sites is 1. The van der Waals surface area contributed by atoms with Crippen LogP contribution >= 0.6 is 0 Å². The van der Waals surface area contributed by atoms with Crippen LogP contribution in [0.4, 0.5) is 0 Å². The Labute approximate surface area is 113 Å². The van der Waals surface area contributed by atoms with Crippen molar-refractivity contribution < 1.29 is 9.53 Å². The largest absolute Gasteiger partial charge is 0.493 e. The number of piperidine rings is 1. The van der Waals surface area contributed by atoms with Gasteiger partial charge in [-0.25, -0.2) is 0 Å². The Morgan fingerprint density at radius 1 is 1.32 bits per heavy atom. The number of hydrogen-bond acceptors (Lipinski definition) is 3. The molecule has 1 aromatic carbocycles. The van der Waals surface area contributed by atoms with Gasteiger partial charge < -0.3 is 15.4 Å². The van der Waals surface area contributed by atoms with Gasteiger partial charge in [0.1, 0.15) is 5.75 Å². The van der Waals surface area contributed by atoms with E-state index in [4.69, 9.17) is 4.74 Å². The summed E-state index contributed by atoms with van der Waals surface area (Å²) in [4.78, 5) is 12.4. The third-order valence-electron chi connectivity index (χ3n) is 3.92. The van der Waals surface area contributed by atoms with Crippen molar-refractivity contribution >= 4 is 5.91 Å².